The number of hydrogen-bond donors (Lipinski definition) is 1. The van der Waals surface area contributed by atoms with Crippen molar-refractivity contribution in [2.24, 2.45) is 5.73 Å². The van der Waals surface area contributed by atoms with Gasteiger partial charge in [-0.05, 0) is 31.5 Å². The van der Waals surface area contributed by atoms with E-state index in [9.17, 15) is 0 Å². The number of nitrogens with two attached hydrogens (primary N) is 1. The Morgan fingerprint density at radius 3 is 3.05 bits per heavy atom. The summed E-state index contributed by atoms with van der Waals surface area (Å²) < 4.78 is 11.8. The number of likely N-dealkylation sites (tertiary alicyclic amines) is 1. The highest BCUT2D eigenvalue weighted by atomic mass is 35.5. The van der Waals surface area contributed by atoms with Gasteiger partial charge >= 0.3 is 0 Å². The SMILES string of the molecule is NCC1CCCCN1CC1COc2ccc(Cl)cc2O1. The van der Waals surface area contributed by atoms with E-state index in [1.54, 1.807) is 0 Å². The first kappa shape index (κ1) is 14.0. The summed E-state index contributed by atoms with van der Waals surface area (Å²) in [6.07, 6.45) is 3.76. The molecule has 2 atom stereocenters. The lowest BCUT2D eigenvalue weighted by Gasteiger charge is -2.38. The van der Waals surface area contributed by atoms with Gasteiger partial charge in [-0.3, -0.25) is 4.90 Å². The summed E-state index contributed by atoms with van der Waals surface area (Å²) in [5.74, 6) is 1.52. The van der Waals surface area contributed by atoms with Crippen LogP contribution in [0.15, 0.2) is 18.2 Å². The van der Waals surface area contributed by atoms with E-state index < -0.39 is 0 Å². The second kappa shape index (κ2) is 6.20. The molecule has 110 valence electrons. The topological polar surface area (TPSA) is 47.7 Å². The van der Waals surface area contributed by atoms with E-state index in [0.29, 0.717) is 17.7 Å². The van der Waals surface area contributed by atoms with Crippen molar-refractivity contribution >= 4 is 11.6 Å². The van der Waals surface area contributed by atoms with Gasteiger partial charge in [0.1, 0.15) is 12.7 Å². The predicted octanol–water partition coefficient (Wildman–Crippen LogP) is 2.29. The van der Waals surface area contributed by atoms with Crippen LogP contribution in [0, 0.1) is 0 Å². The van der Waals surface area contributed by atoms with Crippen LogP contribution in [-0.2, 0) is 0 Å². The molecule has 0 aromatic heterocycles. The molecule has 20 heavy (non-hydrogen) atoms. The van der Waals surface area contributed by atoms with Crippen LogP contribution < -0.4 is 15.2 Å². The third kappa shape index (κ3) is 3.03. The van der Waals surface area contributed by atoms with E-state index in [-0.39, 0.29) is 6.10 Å². The Bertz CT molecular complexity index is 469. The van der Waals surface area contributed by atoms with Crippen LogP contribution in [0.2, 0.25) is 5.02 Å². The first-order chi connectivity index (χ1) is 9.76. The Morgan fingerprint density at radius 1 is 1.30 bits per heavy atom. The van der Waals surface area contributed by atoms with Gasteiger partial charge < -0.3 is 15.2 Å². The monoisotopic (exact) mass is 296 g/mol. The van der Waals surface area contributed by atoms with Crippen molar-refractivity contribution < 1.29 is 9.47 Å². The Hall–Kier alpha value is -0.970. The maximum absolute atomic E-state index is 6.02. The Kier molecular flexibility index (Phi) is 4.34. The third-order valence-corrected chi connectivity index (χ3v) is 4.32. The van der Waals surface area contributed by atoms with Crippen LogP contribution in [0.25, 0.3) is 0 Å². The van der Waals surface area contributed by atoms with Crippen molar-refractivity contribution in [1.29, 1.82) is 0 Å². The van der Waals surface area contributed by atoms with E-state index in [1.165, 1.54) is 19.3 Å². The highest BCUT2D eigenvalue weighted by Gasteiger charge is 2.28. The van der Waals surface area contributed by atoms with E-state index in [1.807, 2.05) is 18.2 Å². The summed E-state index contributed by atoms with van der Waals surface area (Å²) in [6, 6.07) is 5.98. The van der Waals surface area contributed by atoms with Crippen LogP contribution in [0.4, 0.5) is 0 Å². The quantitative estimate of drug-likeness (QED) is 0.930. The van der Waals surface area contributed by atoms with Gasteiger partial charge in [-0.25, -0.2) is 0 Å². The molecule has 0 amide bonds. The molecule has 2 aliphatic rings. The molecule has 2 unspecified atom stereocenters. The average molecular weight is 297 g/mol. The number of ether oxygens (including phenoxy) is 2. The second-order valence-electron chi connectivity index (χ2n) is 5.52. The highest BCUT2D eigenvalue weighted by molar-refractivity contribution is 6.30. The molecule has 1 saturated heterocycles. The molecule has 4 nitrogen and oxygen atoms in total. The van der Waals surface area contributed by atoms with Gasteiger partial charge in [0.05, 0.1) is 0 Å². The molecule has 3 rings (SSSR count). The number of fused-ring (bicyclic) bond motifs is 1. The number of hydrogen-bond acceptors (Lipinski definition) is 4. The normalized spacial score (nSPS) is 26.5. The van der Waals surface area contributed by atoms with Gasteiger partial charge in [0.25, 0.3) is 0 Å². The van der Waals surface area contributed by atoms with Gasteiger partial charge in [0.15, 0.2) is 11.5 Å². The maximum atomic E-state index is 6.02. The fourth-order valence-electron chi connectivity index (χ4n) is 3.01. The molecular formula is C15H21ClN2O2. The van der Waals surface area contributed by atoms with Crippen molar-refractivity contribution in [3.8, 4) is 11.5 Å². The van der Waals surface area contributed by atoms with E-state index >= 15 is 0 Å². The number of benzene rings is 1. The minimum Gasteiger partial charge on any atom is -0.486 e. The molecule has 1 aromatic carbocycles. The number of rotatable bonds is 3. The molecule has 1 aromatic rings. The molecule has 0 radical (unpaired) electrons. The van der Waals surface area contributed by atoms with Gasteiger partial charge in [-0.1, -0.05) is 18.0 Å². The standard InChI is InChI=1S/C15H21ClN2O2/c16-11-4-5-14-15(7-11)20-13(10-19-14)9-18-6-2-1-3-12(18)8-17/h4-5,7,12-13H,1-3,6,8-10,17H2. The van der Waals surface area contributed by atoms with Crippen LogP contribution in [0.3, 0.4) is 0 Å². The molecule has 2 heterocycles. The smallest absolute Gasteiger partial charge is 0.163 e. The summed E-state index contributed by atoms with van der Waals surface area (Å²) in [7, 11) is 0. The van der Waals surface area contributed by atoms with Crippen LogP contribution in [0.1, 0.15) is 19.3 Å². The van der Waals surface area contributed by atoms with Gasteiger partial charge in [-0.15, -0.1) is 0 Å². The van der Waals surface area contributed by atoms with Crippen molar-refractivity contribution in [1.82, 2.24) is 4.90 Å². The Morgan fingerprint density at radius 2 is 2.20 bits per heavy atom. The largest absolute Gasteiger partial charge is 0.486 e. The number of halogens is 1. The average Bonchev–Trinajstić information content (AvgIpc) is 2.47. The van der Waals surface area contributed by atoms with Gasteiger partial charge in [0.2, 0.25) is 0 Å². The van der Waals surface area contributed by atoms with Gasteiger partial charge in [-0.2, -0.15) is 0 Å². The van der Waals surface area contributed by atoms with Crippen molar-refractivity contribution in [3.63, 3.8) is 0 Å². The Labute approximate surface area is 124 Å². The van der Waals surface area contributed by atoms with E-state index in [2.05, 4.69) is 4.90 Å². The molecule has 0 saturated carbocycles. The lowest BCUT2D eigenvalue weighted by Crippen LogP contribution is -2.50. The summed E-state index contributed by atoms with van der Waals surface area (Å²) in [6.45, 7) is 3.27. The van der Waals surface area contributed by atoms with Gasteiger partial charge in [0, 0.05) is 30.2 Å². The summed E-state index contributed by atoms with van der Waals surface area (Å²) >= 11 is 6.00. The lowest BCUT2D eigenvalue weighted by atomic mass is 10.0. The summed E-state index contributed by atoms with van der Waals surface area (Å²) in [4.78, 5) is 2.44. The minimum absolute atomic E-state index is 0.0492. The zero-order valence-corrected chi connectivity index (χ0v) is 12.3. The predicted molar refractivity (Wildman–Crippen MR) is 79.6 cm³/mol. The first-order valence-electron chi connectivity index (χ1n) is 7.29. The molecule has 1 fully saturated rings. The molecule has 5 heteroatoms. The number of piperidine rings is 1. The van der Waals surface area contributed by atoms with Crippen LogP contribution in [-0.4, -0.2) is 43.3 Å². The molecular weight excluding hydrogens is 276 g/mol. The fourth-order valence-corrected chi connectivity index (χ4v) is 3.17. The Balaban J connectivity index is 1.64. The zero-order valence-electron chi connectivity index (χ0n) is 11.6. The number of nitrogens with zero attached hydrogens (tertiary/aromatic N) is 1. The molecule has 2 aliphatic heterocycles. The summed E-state index contributed by atoms with van der Waals surface area (Å²) in [5.41, 5.74) is 5.86. The van der Waals surface area contributed by atoms with Crippen molar-refractivity contribution in [2.75, 3.05) is 26.2 Å². The minimum atomic E-state index is 0.0492. The molecule has 0 spiro atoms. The van der Waals surface area contributed by atoms with E-state index in [4.69, 9.17) is 26.8 Å². The van der Waals surface area contributed by atoms with Crippen LogP contribution >= 0.6 is 11.6 Å². The van der Waals surface area contributed by atoms with E-state index in [0.717, 1.165) is 31.1 Å². The fraction of sp³-hybridized carbons (Fsp3) is 0.600. The molecule has 0 bridgehead atoms. The van der Waals surface area contributed by atoms with Crippen LogP contribution in [0.5, 0.6) is 11.5 Å². The first-order valence-corrected chi connectivity index (χ1v) is 7.67. The maximum Gasteiger partial charge on any atom is 0.163 e. The third-order valence-electron chi connectivity index (χ3n) is 4.08. The molecule has 0 aliphatic carbocycles. The van der Waals surface area contributed by atoms with Crippen molar-refractivity contribution in [2.45, 2.75) is 31.4 Å². The second-order valence-corrected chi connectivity index (χ2v) is 5.96. The van der Waals surface area contributed by atoms with Crippen molar-refractivity contribution in [3.05, 3.63) is 23.2 Å². The lowest BCUT2D eigenvalue weighted by molar-refractivity contribution is 0.0361. The molecule has 2 N–H and O–H groups in total. The highest BCUT2D eigenvalue weighted by Crippen LogP contribution is 2.34. The zero-order chi connectivity index (χ0) is 13.9. The summed E-state index contributed by atoms with van der Waals surface area (Å²) in [5, 5.41) is 0.672.